The Kier molecular flexibility index (Phi) is 2.98. The number of alkyl halides is 3. The molecule has 0 atom stereocenters. The summed E-state index contributed by atoms with van der Waals surface area (Å²) < 4.78 is 36.1. The average molecular weight is 220 g/mol. The molecule has 8 heteroatoms. The van der Waals surface area contributed by atoms with Gasteiger partial charge in [-0.05, 0) is 12.1 Å². The maximum Gasteiger partial charge on any atom is 0.433 e. The van der Waals surface area contributed by atoms with Gasteiger partial charge in [0.05, 0.1) is 5.56 Å². The summed E-state index contributed by atoms with van der Waals surface area (Å²) in [6.07, 6.45) is -3.93. The molecule has 0 radical (unpaired) electrons. The van der Waals surface area contributed by atoms with Crippen LogP contribution in [0.25, 0.3) is 0 Å². The Labute approximate surface area is 80.8 Å². The van der Waals surface area contributed by atoms with Crippen LogP contribution in [0.5, 0.6) is 0 Å². The first kappa shape index (κ1) is 11.1. The summed E-state index contributed by atoms with van der Waals surface area (Å²) in [5.74, 6) is -1.16. The normalized spacial score (nSPS) is 10.9. The zero-order chi connectivity index (χ0) is 11.5. The predicted molar refractivity (Wildman–Crippen MR) is 40.4 cm³/mol. The van der Waals surface area contributed by atoms with E-state index in [1.807, 2.05) is 5.34 Å². The van der Waals surface area contributed by atoms with Crippen LogP contribution in [0, 0.1) is 4.91 Å². The van der Waals surface area contributed by atoms with Crippen molar-refractivity contribution in [3.05, 3.63) is 34.5 Å². The molecule has 0 saturated heterocycles. The second-order valence-corrected chi connectivity index (χ2v) is 2.38. The molecule has 1 rings (SSSR count). The Morgan fingerprint density at radius 1 is 1.40 bits per heavy atom. The number of carbonyl (C=O) groups is 1. The van der Waals surface area contributed by atoms with Crippen molar-refractivity contribution in [1.29, 1.82) is 0 Å². The van der Waals surface area contributed by atoms with E-state index >= 15 is 0 Å². The lowest BCUT2D eigenvalue weighted by Gasteiger charge is -2.04. The van der Waals surface area contributed by atoms with E-state index in [0.29, 0.717) is 12.3 Å². The lowest BCUT2D eigenvalue weighted by Crippen LogP contribution is -2.09. The molecule has 1 aromatic heterocycles. The Morgan fingerprint density at radius 3 is 2.47 bits per heavy atom. The van der Waals surface area contributed by atoms with Gasteiger partial charge >= 0.3 is 12.1 Å². The van der Waals surface area contributed by atoms with Crippen molar-refractivity contribution >= 4 is 5.97 Å². The zero-order valence-electron chi connectivity index (χ0n) is 6.99. The monoisotopic (exact) mass is 220 g/mol. The first-order valence-corrected chi connectivity index (χ1v) is 3.52. The highest BCUT2D eigenvalue weighted by Gasteiger charge is 2.32. The van der Waals surface area contributed by atoms with Gasteiger partial charge in [0.15, 0.2) is 5.34 Å². The van der Waals surface area contributed by atoms with Crippen molar-refractivity contribution in [2.45, 2.75) is 6.18 Å². The van der Waals surface area contributed by atoms with Crippen molar-refractivity contribution in [2.75, 3.05) is 0 Å². The van der Waals surface area contributed by atoms with Crippen LogP contribution in [-0.4, -0.2) is 11.0 Å². The van der Waals surface area contributed by atoms with E-state index in [1.54, 1.807) is 0 Å². The highest BCUT2D eigenvalue weighted by atomic mass is 19.4. The van der Waals surface area contributed by atoms with Crippen LogP contribution in [-0.2, 0) is 11.0 Å². The number of hydrogen-bond acceptors (Lipinski definition) is 5. The van der Waals surface area contributed by atoms with Gasteiger partial charge in [0.1, 0.15) is 5.69 Å². The third-order valence-electron chi connectivity index (χ3n) is 1.41. The molecule has 15 heavy (non-hydrogen) atoms. The van der Waals surface area contributed by atoms with Gasteiger partial charge in [0.2, 0.25) is 0 Å². The van der Waals surface area contributed by atoms with E-state index in [1.165, 1.54) is 0 Å². The molecule has 0 saturated carbocycles. The quantitative estimate of drug-likeness (QED) is 0.564. The van der Waals surface area contributed by atoms with Gasteiger partial charge in [0, 0.05) is 6.20 Å². The molecule has 0 aliphatic rings. The molecule has 0 unspecified atom stereocenters. The third kappa shape index (κ3) is 2.73. The second-order valence-electron chi connectivity index (χ2n) is 2.38. The van der Waals surface area contributed by atoms with Crippen LogP contribution in [0.2, 0.25) is 0 Å². The van der Waals surface area contributed by atoms with Gasteiger partial charge in [-0.25, -0.2) is 4.79 Å². The van der Waals surface area contributed by atoms with Gasteiger partial charge in [0.25, 0.3) is 0 Å². The van der Waals surface area contributed by atoms with Crippen molar-refractivity contribution in [3.63, 3.8) is 0 Å². The number of hydrogen-bond donors (Lipinski definition) is 0. The van der Waals surface area contributed by atoms with Crippen molar-refractivity contribution < 1.29 is 22.8 Å². The molecular formula is C7H3F3N2O3. The Balaban J connectivity index is 2.90. The fourth-order valence-corrected chi connectivity index (χ4v) is 0.769. The summed E-state index contributed by atoms with van der Waals surface area (Å²) in [7, 11) is 0. The van der Waals surface area contributed by atoms with Gasteiger partial charge in [-0.2, -0.15) is 13.2 Å². The molecule has 0 spiro atoms. The Hall–Kier alpha value is -1.99. The lowest BCUT2D eigenvalue weighted by molar-refractivity contribution is -0.141. The third-order valence-corrected chi connectivity index (χ3v) is 1.41. The molecular weight excluding hydrogens is 217 g/mol. The molecule has 1 aromatic rings. The molecule has 0 N–H and O–H groups in total. The zero-order valence-corrected chi connectivity index (χ0v) is 6.99. The van der Waals surface area contributed by atoms with Crippen LogP contribution in [0.15, 0.2) is 23.7 Å². The summed E-state index contributed by atoms with van der Waals surface area (Å²) in [6, 6.07) is 1.44. The van der Waals surface area contributed by atoms with Crippen molar-refractivity contribution in [1.82, 2.24) is 4.98 Å². The summed E-state index contributed by atoms with van der Waals surface area (Å²) in [4.78, 5) is 26.9. The smallest absolute Gasteiger partial charge is 0.279 e. The van der Waals surface area contributed by atoms with E-state index in [4.69, 9.17) is 0 Å². The molecule has 0 bridgehead atoms. The highest BCUT2D eigenvalue weighted by molar-refractivity contribution is 5.88. The van der Waals surface area contributed by atoms with Crippen LogP contribution in [0.4, 0.5) is 13.2 Å². The molecule has 5 nitrogen and oxygen atoms in total. The fraction of sp³-hybridized carbons (Fsp3) is 0.143. The minimum Gasteiger partial charge on any atom is -0.279 e. The minimum atomic E-state index is -4.58. The summed E-state index contributed by atoms with van der Waals surface area (Å²) in [5, 5.41) is 1.83. The van der Waals surface area contributed by atoms with Crippen LogP contribution < -0.4 is 0 Å². The number of carbonyl (C=O) groups excluding carboxylic acids is 1. The predicted octanol–water partition coefficient (Wildman–Crippen LogP) is 1.94. The van der Waals surface area contributed by atoms with E-state index < -0.39 is 17.8 Å². The summed E-state index contributed by atoms with van der Waals surface area (Å²) in [6.45, 7) is 0. The maximum absolute atomic E-state index is 12.0. The number of rotatable bonds is 2. The maximum atomic E-state index is 12.0. The summed E-state index contributed by atoms with van der Waals surface area (Å²) >= 11 is 0. The van der Waals surface area contributed by atoms with E-state index in [2.05, 4.69) is 9.82 Å². The molecule has 0 fully saturated rings. The number of pyridine rings is 1. The second kappa shape index (κ2) is 4.03. The fourth-order valence-electron chi connectivity index (χ4n) is 0.769. The molecule has 0 amide bonds. The molecule has 1 heterocycles. The topological polar surface area (TPSA) is 68.6 Å². The molecule has 80 valence electrons. The first-order chi connectivity index (χ1) is 6.95. The highest BCUT2D eigenvalue weighted by Crippen LogP contribution is 2.27. The first-order valence-electron chi connectivity index (χ1n) is 3.52. The number of halogens is 3. The van der Waals surface area contributed by atoms with Crippen molar-refractivity contribution in [3.8, 4) is 0 Å². The lowest BCUT2D eigenvalue weighted by atomic mass is 10.2. The standard InChI is InChI=1S/C7H3F3N2O3/c8-7(9,10)5-2-1-4(3-11-5)6(13)15-12-14/h1-3H. The van der Waals surface area contributed by atoms with Gasteiger partial charge in [-0.15, -0.1) is 4.91 Å². The summed E-state index contributed by atoms with van der Waals surface area (Å²) in [5.41, 5.74) is -1.43. The molecule has 0 aromatic carbocycles. The Morgan fingerprint density at radius 2 is 2.07 bits per heavy atom. The van der Waals surface area contributed by atoms with Crippen LogP contribution >= 0.6 is 0 Å². The number of nitrogens with zero attached hydrogens (tertiary/aromatic N) is 2. The van der Waals surface area contributed by atoms with Crippen LogP contribution in [0.3, 0.4) is 0 Å². The SMILES string of the molecule is O=NOC(=O)c1ccc(C(F)(F)F)nc1. The largest absolute Gasteiger partial charge is 0.433 e. The average Bonchev–Trinajstić information content (AvgIpc) is 2.17. The number of aromatic nitrogens is 1. The van der Waals surface area contributed by atoms with Gasteiger partial charge in [-0.1, -0.05) is 0 Å². The van der Waals surface area contributed by atoms with E-state index in [-0.39, 0.29) is 5.56 Å². The van der Waals surface area contributed by atoms with E-state index in [0.717, 1.165) is 6.07 Å². The van der Waals surface area contributed by atoms with Gasteiger partial charge in [-0.3, -0.25) is 9.82 Å². The van der Waals surface area contributed by atoms with E-state index in [9.17, 15) is 22.9 Å². The van der Waals surface area contributed by atoms with Crippen LogP contribution in [0.1, 0.15) is 16.1 Å². The van der Waals surface area contributed by atoms with Crippen molar-refractivity contribution in [2.24, 2.45) is 5.34 Å². The molecule has 0 aliphatic heterocycles. The Bertz CT molecular complexity index is 374. The van der Waals surface area contributed by atoms with Gasteiger partial charge < -0.3 is 0 Å². The minimum absolute atomic E-state index is 0.289. The molecule has 0 aliphatic carbocycles.